The highest BCUT2D eigenvalue weighted by atomic mass is 79.9. The van der Waals surface area contributed by atoms with E-state index in [2.05, 4.69) is 45.5 Å². The van der Waals surface area contributed by atoms with Crippen molar-refractivity contribution in [1.29, 1.82) is 0 Å². The lowest BCUT2D eigenvalue weighted by Crippen LogP contribution is -2.22. The second-order valence-corrected chi connectivity index (χ2v) is 12.3. The summed E-state index contributed by atoms with van der Waals surface area (Å²) in [7, 11) is -1.11. The molecular weight excluding hydrogens is 324 g/mol. The maximum absolute atomic E-state index is 12.0. The topological polar surface area (TPSA) is 57.9 Å². The molecule has 2 aromatic rings. The van der Waals surface area contributed by atoms with Crippen LogP contribution in [0.15, 0.2) is 23.1 Å². The molecule has 0 saturated heterocycles. The van der Waals surface area contributed by atoms with E-state index in [9.17, 15) is 4.79 Å². The van der Waals surface area contributed by atoms with Crippen molar-refractivity contribution in [3.8, 4) is 0 Å². The van der Waals surface area contributed by atoms with Crippen molar-refractivity contribution >= 4 is 35.0 Å². The van der Waals surface area contributed by atoms with Gasteiger partial charge in [-0.05, 0) is 18.2 Å². The molecule has 104 valence electrons. The van der Waals surface area contributed by atoms with Gasteiger partial charge in [-0.1, -0.05) is 35.6 Å². The predicted molar refractivity (Wildman–Crippen MR) is 84.7 cm³/mol. The van der Waals surface area contributed by atoms with Crippen LogP contribution in [0.3, 0.4) is 0 Å². The van der Waals surface area contributed by atoms with Gasteiger partial charge in [0, 0.05) is 26.3 Å². The molecule has 0 aliphatic heterocycles. The number of rotatable bonds is 5. The Morgan fingerprint density at radius 1 is 1.42 bits per heavy atom. The van der Waals surface area contributed by atoms with E-state index in [-0.39, 0.29) is 10.6 Å². The van der Waals surface area contributed by atoms with Crippen molar-refractivity contribution in [3.63, 3.8) is 0 Å². The van der Waals surface area contributed by atoms with Crippen LogP contribution in [0.4, 0.5) is 0 Å². The van der Waals surface area contributed by atoms with E-state index in [4.69, 9.17) is 4.74 Å². The Kier molecular flexibility index (Phi) is 4.32. The van der Waals surface area contributed by atoms with Gasteiger partial charge in [0.2, 0.25) is 0 Å². The van der Waals surface area contributed by atoms with E-state index >= 15 is 0 Å². The lowest BCUT2D eigenvalue weighted by Gasteiger charge is -2.17. The van der Waals surface area contributed by atoms with Gasteiger partial charge in [0.25, 0.3) is 5.56 Å². The third kappa shape index (κ3) is 3.81. The van der Waals surface area contributed by atoms with Crippen molar-refractivity contribution in [2.24, 2.45) is 0 Å². The average Bonchev–Trinajstić information content (AvgIpc) is 2.72. The molecule has 2 heterocycles. The van der Waals surface area contributed by atoms with E-state index in [0.717, 1.165) is 17.1 Å². The Labute approximate surface area is 121 Å². The molecule has 1 unspecified atom stereocenters. The Hall–Kier alpha value is -0.853. The monoisotopic (exact) mass is 342 g/mol. The number of aromatic nitrogens is 2. The second kappa shape index (κ2) is 5.64. The van der Waals surface area contributed by atoms with Gasteiger partial charge in [-0.25, -0.2) is 0 Å². The van der Waals surface area contributed by atoms with Crippen LogP contribution in [0.2, 0.25) is 25.7 Å². The number of fused-ring (bicyclic) bond motifs is 1. The lowest BCUT2D eigenvalue weighted by molar-refractivity contribution is 0.129. The first-order valence-corrected chi connectivity index (χ1v) is 10.9. The van der Waals surface area contributed by atoms with Gasteiger partial charge >= 0.3 is 0 Å². The van der Waals surface area contributed by atoms with Crippen LogP contribution >= 0.6 is 15.9 Å². The molecule has 2 rings (SSSR count). The van der Waals surface area contributed by atoms with Crippen molar-refractivity contribution < 1.29 is 4.74 Å². The Morgan fingerprint density at radius 3 is 2.84 bits per heavy atom. The van der Waals surface area contributed by atoms with E-state index in [1.165, 1.54) is 0 Å². The summed E-state index contributed by atoms with van der Waals surface area (Å²) in [5.74, 6) is 0. The summed E-state index contributed by atoms with van der Waals surface area (Å²) in [5, 5.41) is 0.625. The fraction of sp³-hybridized carbons (Fsp3) is 0.462. The first-order valence-electron chi connectivity index (χ1n) is 6.33. The highest BCUT2D eigenvalue weighted by Crippen LogP contribution is 2.24. The zero-order valence-electron chi connectivity index (χ0n) is 11.4. The highest BCUT2D eigenvalue weighted by Gasteiger charge is 2.17. The fourth-order valence-electron chi connectivity index (χ4n) is 1.76. The molecule has 0 spiro atoms. The minimum atomic E-state index is -1.11. The summed E-state index contributed by atoms with van der Waals surface area (Å²) in [6.07, 6.45) is 1.81. The van der Waals surface area contributed by atoms with Crippen LogP contribution < -0.4 is 5.56 Å². The van der Waals surface area contributed by atoms with Crippen molar-refractivity contribution in [1.82, 2.24) is 9.97 Å². The molecule has 0 amide bonds. The van der Waals surface area contributed by atoms with Crippen molar-refractivity contribution in [2.45, 2.75) is 30.7 Å². The van der Waals surface area contributed by atoms with Crippen LogP contribution in [0.25, 0.3) is 11.0 Å². The molecule has 0 aromatic carbocycles. The molecule has 0 bridgehead atoms. The van der Waals surface area contributed by atoms with E-state index < -0.39 is 8.07 Å². The SMILES string of the molecule is C[Si](C)(C)CCOC(Br)c1cc2cc[nH]c2[nH]c1=O. The van der Waals surface area contributed by atoms with Crippen molar-refractivity contribution in [3.05, 3.63) is 34.2 Å². The van der Waals surface area contributed by atoms with Gasteiger partial charge in [-0.3, -0.25) is 4.79 Å². The third-order valence-corrected chi connectivity index (χ3v) is 5.41. The van der Waals surface area contributed by atoms with Gasteiger partial charge in [0.1, 0.15) is 10.7 Å². The van der Waals surface area contributed by atoms with E-state index in [0.29, 0.717) is 12.2 Å². The van der Waals surface area contributed by atoms with E-state index in [1.807, 2.05) is 12.1 Å². The van der Waals surface area contributed by atoms with Gasteiger partial charge in [0.05, 0.1) is 5.56 Å². The lowest BCUT2D eigenvalue weighted by atomic mass is 10.2. The van der Waals surface area contributed by atoms with Gasteiger partial charge in [0.15, 0.2) is 0 Å². The van der Waals surface area contributed by atoms with Crippen molar-refractivity contribution in [2.75, 3.05) is 6.61 Å². The number of H-pyrrole nitrogens is 2. The van der Waals surface area contributed by atoms with Crippen LogP contribution in [0.1, 0.15) is 10.6 Å². The van der Waals surface area contributed by atoms with Crippen LogP contribution in [-0.2, 0) is 4.74 Å². The predicted octanol–water partition coefficient (Wildman–Crippen LogP) is 3.60. The number of hydrogen-bond donors (Lipinski definition) is 2. The van der Waals surface area contributed by atoms with Crippen LogP contribution in [0, 0.1) is 0 Å². The molecule has 6 heteroatoms. The number of ether oxygens (including phenoxy) is 1. The maximum Gasteiger partial charge on any atom is 0.256 e. The third-order valence-electron chi connectivity index (χ3n) is 2.95. The normalized spacial score (nSPS) is 13.9. The molecule has 4 nitrogen and oxygen atoms in total. The Bertz CT molecular complexity index is 615. The zero-order chi connectivity index (χ0) is 14.0. The zero-order valence-corrected chi connectivity index (χ0v) is 14.0. The summed E-state index contributed by atoms with van der Waals surface area (Å²) >= 11 is 3.44. The van der Waals surface area contributed by atoms with Gasteiger partial charge < -0.3 is 14.7 Å². The molecule has 2 aromatic heterocycles. The molecule has 0 radical (unpaired) electrons. The van der Waals surface area contributed by atoms with E-state index in [1.54, 1.807) is 6.20 Å². The second-order valence-electron chi connectivity index (χ2n) is 5.86. The molecule has 19 heavy (non-hydrogen) atoms. The number of alkyl halides is 1. The standard InChI is InChI=1S/C13H19BrN2O2Si/c1-19(2,3)7-6-18-11(14)10-8-9-4-5-15-12(9)16-13(10)17/h4-5,8,11H,6-7H2,1-3H3,(H2,15,16,17). The largest absolute Gasteiger partial charge is 0.362 e. The van der Waals surface area contributed by atoms with Crippen LogP contribution in [-0.4, -0.2) is 24.6 Å². The molecular formula is C13H19BrN2O2Si. The number of pyridine rings is 1. The summed E-state index contributed by atoms with van der Waals surface area (Å²) < 4.78 is 5.73. The smallest absolute Gasteiger partial charge is 0.256 e. The van der Waals surface area contributed by atoms with Gasteiger partial charge in [-0.15, -0.1) is 0 Å². The number of aromatic amines is 2. The highest BCUT2D eigenvalue weighted by molar-refractivity contribution is 9.09. The number of nitrogens with one attached hydrogen (secondary N) is 2. The number of halogens is 1. The van der Waals surface area contributed by atoms with Gasteiger partial charge in [-0.2, -0.15) is 0 Å². The molecule has 1 atom stereocenters. The summed E-state index contributed by atoms with van der Waals surface area (Å²) in [4.78, 5) is 17.8. The first kappa shape index (κ1) is 14.6. The summed E-state index contributed by atoms with van der Waals surface area (Å²) in [6, 6.07) is 4.87. The molecule has 0 saturated carbocycles. The number of hydrogen-bond acceptors (Lipinski definition) is 2. The molecule has 0 fully saturated rings. The molecule has 0 aliphatic carbocycles. The average molecular weight is 343 g/mol. The minimum Gasteiger partial charge on any atom is -0.362 e. The minimum absolute atomic E-state index is 0.121. The Morgan fingerprint density at radius 2 is 2.16 bits per heavy atom. The summed E-state index contributed by atoms with van der Waals surface area (Å²) in [5.41, 5.74) is 1.24. The molecule has 0 aliphatic rings. The first-order chi connectivity index (χ1) is 8.87. The fourth-order valence-corrected chi connectivity index (χ4v) is 3.01. The van der Waals surface area contributed by atoms with Crippen LogP contribution in [0.5, 0.6) is 0 Å². The maximum atomic E-state index is 12.0. The molecule has 2 N–H and O–H groups in total. The Balaban J connectivity index is 2.10. The summed E-state index contributed by atoms with van der Waals surface area (Å²) in [6.45, 7) is 7.59. The quantitative estimate of drug-likeness (QED) is 0.644.